The number of carbonyl (C=O) groups excluding carboxylic acids is 1. The van der Waals surface area contributed by atoms with Crippen molar-refractivity contribution >= 4 is 17.7 Å². The molecule has 0 unspecified atom stereocenters. The summed E-state index contributed by atoms with van der Waals surface area (Å²) in [4.78, 5) is 18.4. The molecule has 2 aromatic rings. The van der Waals surface area contributed by atoms with Crippen LogP contribution in [0.3, 0.4) is 0 Å². The fraction of sp³-hybridized carbons (Fsp3) is 0.364. The van der Waals surface area contributed by atoms with Gasteiger partial charge in [0, 0.05) is 38.9 Å². The summed E-state index contributed by atoms with van der Waals surface area (Å²) in [7, 11) is 3.40. The number of methoxy groups -OCH3 is 1. The Bertz CT molecular complexity index is 829. The van der Waals surface area contributed by atoms with Gasteiger partial charge in [-0.1, -0.05) is 24.3 Å². The lowest BCUT2D eigenvalue weighted by Crippen LogP contribution is -2.36. The van der Waals surface area contributed by atoms with Gasteiger partial charge in [-0.2, -0.15) is 0 Å². The number of amides is 2. The number of guanidine groups is 1. The van der Waals surface area contributed by atoms with Crippen LogP contribution >= 0.6 is 0 Å². The maximum atomic E-state index is 12.3. The molecule has 0 aliphatic carbocycles. The number of carbonyl (C=O) groups is 1. The number of urea groups is 1. The molecule has 1 heterocycles. The number of rotatable bonds is 6. The number of likely N-dealkylation sites (tertiary alicyclic amines) is 1. The van der Waals surface area contributed by atoms with E-state index in [1.54, 1.807) is 14.2 Å². The molecule has 1 aliphatic rings. The minimum Gasteiger partial charge on any atom is -0.497 e. The second kappa shape index (κ2) is 10.4. The maximum absolute atomic E-state index is 12.3. The molecule has 0 aromatic heterocycles. The smallest absolute Gasteiger partial charge is 0.321 e. The predicted molar refractivity (Wildman–Crippen MR) is 116 cm³/mol. The van der Waals surface area contributed by atoms with Gasteiger partial charge in [0.1, 0.15) is 5.75 Å². The van der Waals surface area contributed by atoms with Gasteiger partial charge in [-0.15, -0.1) is 0 Å². The van der Waals surface area contributed by atoms with E-state index in [0.717, 1.165) is 48.5 Å². The van der Waals surface area contributed by atoms with Gasteiger partial charge >= 0.3 is 6.03 Å². The van der Waals surface area contributed by atoms with E-state index in [1.807, 2.05) is 53.4 Å². The zero-order chi connectivity index (χ0) is 20.5. The third-order valence-corrected chi connectivity index (χ3v) is 4.87. The molecule has 0 radical (unpaired) electrons. The van der Waals surface area contributed by atoms with Crippen molar-refractivity contribution in [3.05, 3.63) is 59.7 Å². The Morgan fingerprint density at radius 3 is 2.38 bits per heavy atom. The van der Waals surface area contributed by atoms with Crippen LogP contribution in [-0.4, -0.2) is 44.1 Å². The summed E-state index contributed by atoms with van der Waals surface area (Å²) in [5.41, 5.74) is 3.01. The molecule has 0 spiro atoms. The SMILES string of the molecule is CN=C(NCc1ccc(OC)cc1)NCc1cccc(NC(=O)N2CCCC2)c1. The first-order chi connectivity index (χ1) is 14.2. The molecule has 2 aromatic carbocycles. The van der Waals surface area contributed by atoms with Gasteiger partial charge in [0.2, 0.25) is 0 Å². The van der Waals surface area contributed by atoms with E-state index in [2.05, 4.69) is 20.9 Å². The molecular formula is C22H29N5O2. The lowest BCUT2D eigenvalue weighted by molar-refractivity contribution is 0.222. The molecular weight excluding hydrogens is 366 g/mol. The Morgan fingerprint density at radius 2 is 1.72 bits per heavy atom. The third kappa shape index (κ3) is 6.14. The highest BCUT2D eigenvalue weighted by molar-refractivity contribution is 5.89. The number of anilines is 1. The number of benzene rings is 2. The molecule has 0 saturated carbocycles. The van der Waals surface area contributed by atoms with Gasteiger partial charge in [-0.3, -0.25) is 4.99 Å². The van der Waals surface area contributed by atoms with Crippen LogP contribution in [0.4, 0.5) is 10.5 Å². The van der Waals surface area contributed by atoms with Gasteiger partial charge in [0.05, 0.1) is 7.11 Å². The number of hydrogen-bond acceptors (Lipinski definition) is 3. The van der Waals surface area contributed by atoms with E-state index in [9.17, 15) is 4.79 Å². The Hall–Kier alpha value is -3.22. The van der Waals surface area contributed by atoms with E-state index in [0.29, 0.717) is 19.0 Å². The van der Waals surface area contributed by atoms with Gasteiger partial charge in [0.25, 0.3) is 0 Å². The molecule has 2 amide bonds. The van der Waals surface area contributed by atoms with Gasteiger partial charge in [-0.05, 0) is 48.2 Å². The van der Waals surface area contributed by atoms with E-state index in [4.69, 9.17) is 4.74 Å². The minimum atomic E-state index is -0.0235. The normalized spacial score (nSPS) is 13.9. The van der Waals surface area contributed by atoms with E-state index in [-0.39, 0.29) is 6.03 Å². The molecule has 3 N–H and O–H groups in total. The molecule has 3 rings (SSSR count). The van der Waals surface area contributed by atoms with Crippen LogP contribution in [0.5, 0.6) is 5.75 Å². The molecule has 0 atom stereocenters. The maximum Gasteiger partial charge on any atom is 0.321 e. The molecule has 7 nitrogen and oxygen atoms in total. The van der Waals surface area contributed by atoms with Gasteiger partial charge in [0.15, 0.2) is 5.96 Å². The monoisotopic (exact) mass is 395 g/mol. The Morgan fingerprint density at radius 1 is 1.03 bits per heavy atom. The largest absolute Gasteiger partial charge is 0.497 e. The van der Waals surface area contributed by atoms with Crippen molar-refractivity contribution in [3.63, 3.8) is 0 Å². The third-order valence-electron chi connectivity index (χ3n) is 4.87. The highest BCUT2D eigenvalue weighted by atomic mass is 16.5. The van der Waals surface area contributed by atoms with Crippen molar-refractivity contribution in [1.82, 2.24) is 15.5 Å². The molecule has 0 bridgehead atoms. The first-order valence-corrected chi connectivity index (χ1v) is 9.90. The lowest BCUT2D eigenvalue weighted by Gasteiger charge is -2.17. The zero-order valence-electron chi connectivity index (χ0n) is 17.1. The van der Waals surface area contributed by atoms with Crippen LogP contribution < -0.4 is 20.7 Å². The first kappa shape index (κ1) is 20.5. The van der Waals surface area contributed by atoms with Crippen LogP contribution in [0.1, 0.15) is 24.0 Å². The van der Waals surface area contributed by atoms with E-state index in [1.165, 1.54) is 0 Å². The second-order valence-corrected chi connectivity index (χ2v) is 6.95. The van der Waals surface area contributed by atoms with Crippen LogP contribution in [0.15, 0.2) is 53.5 Å². The topological polar surface area (TPSA) is 78.0 Å². The van der Waals surface area contributed by atoms with Crippen molar-refractivity contribution in [1.29, 1.82) is 0 Å². The van der Waals surface area contributed by atoms with Crippen molar-refractivity contribution in [2.75, 3.05) is 32.6 Å². The zero-order valence-corrected chi connectivity index (χ0v) is 17.1. The summed E-state index contributed by atoms with van der Waals surface area (Å²) in [6, 6.07) is 15.8. The van der Waals surface area contributed by atoms with Crippen LogP contribution in [0, 0.1) is 0 Å². The highest BCUT2D eigenvalue weighted by Gasteiger charge is 2.17. The summed E-state index contributed by atoms with van der Waals surface area (Å²) in [5.74, 6) is 1.56. The van der Waals surface area contributed by atoms with Crippen LogP contribution in [0.2, 0.25) is 0 Å². The van der Waals surface area contributed by atoms with Crippen molar-refractivity contribution in [2.24, 2.45) is 4.99 Å². The number of aliphatic imine (C=N–C) groups is 1. The Labute approximate surface area is 172 Å². The van der Waals surface area contributed by atoms with Gasteiger partial charge < -0.3 is 25.6 Å². The summed E-state index contributed by atoms with van der Waals surface area (Å²) >= 11 is 0. The van der Waals surface area contributed by atoms with Crippen molar-refractivity contribution < 1.29 is 9.53 Å². The average Bonchev–Trinajstić information content (AvgIpc) is 3.30. The standard InChI is InChI=1S/C22H29N5O2/c1-23-21(24-15-17-8-10-20(29-2)11-9-17)25-16-18-6-5-7-19(14-18)26-22(28)27-12-3-4-13-27/h5-11,14H,3-4,12-13,15-16H2,1-2H3,(H,26,28)(H2,23,24,25). The molecule has 29 heavy (non-hydrogen) atoms. The summed E-state index contributed by atoms with van der Waals surface area (Å²) < 4.78 is 5.18. The molecule has 1 fully saturated rings. The fourth-order valence-corrected chi connectivity index (χ4v) is 3.22. The number of hydrogen-bond donors (Lipinski definition) is 3. The second-order valence-electron chi connectivity index (χ2n) is 6.95. The molecule has 154 valence electrons. The predicted octanol–water partition coefficient (Wildman–Crippen LogP) is 3.19. The van der Waals surface area contributed by atoms with E-state index >= 15 is 0 Å². The minimum absolute atomic E-state index is 0.0235. The summed E-state index contributed by atoms with van der Waals surface area (Å²) in [6.07, 6.45) is 2.17. The fourth-order valence-electron chi connectivity index (χ4n) is 3.22. The van der Waals surface area contributed by atoms with Gasteiger partial charge in [-0.25, -0.2) is 4.79 Å². The number of nitrogens with zero attached hydrogens (tertiary/aromatic N) is 2. The Kier molecular flexibility index (Phi) is 7.33. The van der Waals surface area contributed by atoms with E-state index < -0.39 is 0 Å². The molecule has 7 heteroatoms. The summed E-state index contributed by atoms with van der Waals surface area (Å²) in [5, 5.41) is 9.59. The average molecular weight is 396 g/mol. The molecule has 1 aliphatic heterocycles. The lowest BCUT2D eigenvalue weighted by atomic mass is 10.2. The van der Waals surface area contributed by atoms with Crippen LogP contribution in [-0.2, 0) is 13.1 Å². The first-order valence-electron chi connectivity index (χ1n) is 9.90. The Balaban J connectivity index is 1.49. The molecule has 1 saturated heterocycles. The number of nitrogens with one attached hydrogen (secondary N) is 3. The van der Waals surface area contributed by atoms with Crippen molar-refractivity contribution in [2.45, 2.75) is 25.9 Å². The quantitative estimate of drug-likeness (QED) is 0.519. The summed E-state index contributed by atoms with van der Waals surface area (Å²) in [6.45, 7) is 2.94. The highest BCUT2D eigenvalue weighted by Crippen LogP contribution is 2.14. The number of ether oxygens (including phenoxy) is 1. The van der Waals surface area contributed by atoms with Crippen LogP contribution in [0.25, 0.3) is 0 Å². The van der Waals surface area contributed by atoms with Crippen molar-refractivity contribution in [3.8, 4) is 5.75 Å².